The van der Waals surface area contributed by atoms with Crippen LogP contribution in [0.5, 0.6) is 0 Å². The maximum atomic E-state index is 13.4. The number of carbonyl (C=O) groups is 2. The fourth-order valence-electron chi connectivity index (χ4n) is 4.78. The molecule has 1 aliphatic heterocycles. The van der Waals surface area contributed by atoms with E-state index in [-0.39, 0.29) is 29.5 Å². The number of nitrogens with zero attached hydrogens (tertiary/aromatic N) is 2. The highest BCUT2D eigenvalue weighted by Gasteiger charge is 2.30. The molecule has 6 nitrogen and oxygen atoms in total. The van der Waals surface area contributed by atoms with Crippen LogP contribution in [0.25, 0.3) is 22.6 Å². The third kappa shape index (κ3) is 4.87. The zero-order valence-corrected chi connectivity index (χ0v) is 20.3. The summed E-state index contributed by atoms with van der Waals surface area (Å²) in [5.74, 6) is 0.0312. The average Bonchev–Trinajstić information content (AvgIpc) is 3.33. The minimum absolute atomic E-state index is 0.0429. The van der Waals surface area contributed by atoms with Crippen molar-refractivity contribution < 1.29 is 18.4 Å². The average molecular weight is 486 g/mol. The maximum Gasteiger partial charge on any atom is 0.253 e. The number of benzene rings is 3. The number of halogens is 1. The summed E-state index contributed by atoms with van der Waals surface area (Å²) in [6.07, 6.45) is 1.49. The lowest BCUT2D eigenvalue weighted by atomic mass is 9.84. The Morgan fingerprint density at radius 1 is 1.06 bits per heavy atom. The number of hydrogen-bond donors (Lipinski definition) is 1. The zero-order valence-electron chi connectivity index (χ0n) is 20.3. The lowest BCUT2D eigenvalue weighted by Gasteiger charge is -2.34. The molecule has 1 atom stereocenters. The Morgan fingerprint density at radius 3 is 2.53 bits per heavy atom. The zero-order chi connectivity index (χ0) is 25.2. The van der Waals surface area contributed by atoms with E-state index >= 15 is 0 Å². The number of oxazole rings is 1. The molecule has 0 spiro atoms. The molecular formula is C29H28FN3O3. The highest BCUT2D eigenvalue weighted by Crippen LogP contribution is 2.29. The van der Waals surface area contributed by atoms with Gasteiger partial charge in [0.15, 0.2) is 5.58 Å². The minimum Gasteiger partial charge on any atom is -0.436 e. The number of carbonyl (C=O) groups excluding carboxylic acids is 2. The molecule has 0 unspecified atom stereocenters. The van der Waals surface area contributed by atoms with Crippen molar-refractivity contribution >= 4 is 28.6 Å². The van der Waals surface area contributed by atoms with Crippen LogP contribution in [0.15, 0.2) is 71.1 Å². The van der Waals surface area contributed by atoms with Crippen molar-refractivity contribution in [1.82, 2.24) is 9.88 Å². The number of rotatable bonds is 5. The van der Waals surface area contributed by atoms with Crippen molar-refractivity contribution in [1.29, 1.82) is 0 Å². The van der Waals surface area contributed by atoms with E-state index in [1.165, 1.54) is 12.1 Å². The Balaban J connectivity index is 1.21. The van der Waals surface area contributed by atoms with Crippen LogP contribution in [0.1, 0.15) is 35.7 Å². The molecule has 1 N–H and O–H groups in total. The second kappa shape index (κ2) is 9.93. The molecule has 0 saturated carbocycles. The Kier molecular flexibility index (Phi) is 6.55. The summed E-state index contributed by atoms with van der Waals surface area (Å²) in [5, 5.41) is 2.92. The Morgan fingerprint density at radius 2 is 1.81 bits per heavy atom. The van der Waals surface area contributed by atoms with Crippen molar-refractivity contribution in [2.24, 2.45) is 11.8 Å². The lowest BCUT2D eigenvalue weighted by molar-refractivity contribution is -0.121. The predicted octanol–water partition coefficient (Wildman–Crippen LogP) is 6.07. The number of aryl methyl sites for hydroxylation is 1. The van der Waals surface area contributed by atoms with E-state index in [1.807, 2.05) is 42.2 Å². The molecular weight excluding hydrogens is 457 g/mol. The number of amides is 2. The summed E-state index contributed by atoms with van der Waals surface area (Å²) in [6.45, 7) is 4.86. The summed E-state index contributed by atoms with van der Waals surface area (Å²) in [7, 11) is 0. The third-order valence-electron chi connectivity index (χ3n) is 7.05. The number of anilines is 1. The molecule has 1 aromatic heterocycles. The standard InChI is InChI=1S/C29H28FN3O3/c1-18-16-23(30)9-10-24(18)31-27(34)19(2)20-12-14-33(15-13-20)29(35)22-8-11-26-25(17-22)32-28(36-26)21-6-4-3-5-7-21/h3-11,16-17,19-20H,12-15H2,1-2H3,(H,31,34)/t19-/m0/s1. The van der Waals surface area contributed by atoms with Gasteiger partial charge in [0.1, 0.15) is 11.3 Å². The normalized spacial score (nSPS) is 15.1. The number of piperidine rings is 1. The van der Waals surface area contributed by atoms with Gasteiger partial charge >= 0.3 is 0 Å². The fraction of sp³-hybridized carbons (Fsp3) is 0.276. The molecule has 7 heteroatoms. The van der Waals surface area contributed by atoms with E-state index in [9.17, 15) is 14.0 Å². The second-order valence-electron chi connectivity index (χ2n) is 9.43. The quantitative estimate of drug-likeness (QED) is 0.372. The SMILES string of the molecule is Cc1cc(F)ccc1NC(=O)[C@@H](C)C1CCN(C(=O)c2ccc3oc(-c4ccccc4)nc3c2)CC1. The largest absolute Gasteiger partial charge is 0.436 e. The van der Waals surface area contributed by atoms with Crippen molar-refractivity contribution in [3.63, 3.8) is 0 Å². The van der Waals surface area contributed by atoms with Crippen molar-refractivity contribution in [3.8, 4) is 11.5 Å². The van der Waals surface area contributed by atoms with E-state index in [0.29, 0.717) is 46.9 Å². The van der Waals surface area contributed by atoms with Crippen LogP contribution in [-0.4, -0.2) is 34.8 Å². The second-order valence-corrected chi connectivity index (χ2v) is 9.43. The van der Waals surface area contributed by atoms with Crippen LogP contribution in [0, 0.1) is 24.6 Å². The lowest BCUT2D eigenvalue weighted by Crippen LogP contribution is -2.41. The molecule has 1 aliphatic rings. The van der Waals surface area contributed by atoms with Gasteiger partial charge < -0.3 is 14.6 Å². The van der Waals surface area contributed by atoms with Gasteiger partial charge in [-0.25, -0.2) is 9.37 Å². The van der Waals surface area contributed by atoms with Gasteiger partial charge in [0.2, 0.25) is 11.8 Å². The Hall–Kier alpha value is -4.00. The number of likely N-dealkylation sites (tertiary alicyclic amines) is 1. The van der Waals surface area contributed by atoms with Gasteiger partial charge in [0.25, 0.3) is 5.91 Å². The van der Waals surface area contributed by atoms with Gasteiger partial charge in [0, 0.05) is 35.8 Å². The molecule has 4 aromatic rings. The van der Waals surface area contributed by atoms with E-state index in [4.69, 9.17) is 4.42 Å². The molecule has 0 bridgehead atoms. The van der Waals surface area contributed by atoms with Gasteiger partial charge in [-0.1, -0.05) is 25.1 Å². The topological polar surface area (TPSA) is 75.4 Å². The van der Waals surface area contributed by atoms with Gasteiger partial charge in [-0.3, -0.25) is 9.59 Å². The first kappa shape index (κ1) is 23.7. The summed E-state index contributed by atoms with van der Waals surface area (Å²) >= 11 is 0. The van der Waals surface area contributed by atoms with Gasteiger partial charge in [-0.15, -0.1) is 0 Å². The van der Waals surface area contributed by atoms with Crippen molar-refractivity contribution in [2.75, 3.05) is 18.4 Å². The molecule has 2 heterocycles. The van der Waals surface area contributed by atoms with Crippen molar-refractivity contribution in [2.45, 2.75) is 26.7 Å². The van der Waals surface area contributed by atoms with Gasteiger partial charge in [-0.2, -0.15) is 0 Å². The van der Waals surface area contributed by atoms with Crippen LogP contribution < -0.4 is 5.32 Å². The van der Waals surface area contributed by atoms with Crippen LogP contribution in [0.3, 0.4) is 0 Å². The highest BCUT2D eigenvalue weighted by atomic mass is 19.1. The highest BCUT2D eigenvalue weighted by molar-refractivity contribution is 5.97. The van der Waals surface area contributed by atoms with Crippen LogP contribution in [-0.2, 0) is 4.79 Å². The van der Waals surface area contributed by atoms with Crippen LogP contribution >= 0.6 is 0 Å². The molecule has 0 aliphatic carbocycles. The molecule has 0 radical (unpaired) electrons. The molecule has 5 rings (SSSR count). The summed E-state index contributed by atoms with van der Waals surface area (Å²) in [5.41, 5.74) is 4.06. The Bertz CT molecular complexity index is 1410. The monoisotopic (exact) mass is 485 g/mol. The third-order valence-corrected chi connectivity index (χ3v) is 7.05. The molecule has 184 valence electrons. The van der Waals surface area contributed by atoms with Crippen molar-refractivity contribution in [3.05, 3.63) is 83.7 Å². The smallest absolute Gasteiger partial charge is 0.253 e. The number of fused-ring (bicyclic) bond motifs is 1. The summed E-state index contributed by atoms with van der Waals surface area (Å²) in [4.78, 5) is 32.4. The maximum absolute atomic E-state index is 13.4. The van der Waals surface area contributed by atoms with E-state index in [2.05, 4.69) is 10.3 Å². The first-order valence-electron chi connectivity index (χ1n) is 12.2. The first-order chi connectivity index (χ1) is 17.4. The summed E-state index contributed by atoms with van der Waals surface area (Å²) in [6, 6.07) is 19.3. The molecule has 2 amide bonds. The number of nitrogens with one attached hydrogen (secondary N) is 1. The molecule has 36 heavy (non-hydrogen) atoms. The van der Waals surface area contributed by atoms with E-state index < -0.39 is 0 Å². The Labute approximate surface area is 209 Å². The van der Waals surface area contributed by atoms with E-state index in [0.717, 1.165) is 18.4 Å². The van der Waals surface area contributed by atoms with E-state index in [1.54, 1.807) is 31.2 Å². The first-order valence-corrected chi connectivity index (χ1v) is 12.2. The number of hydrogen-bond acceptors (Lipinski definition) is 4. The molecule has 3 aromatic carbocycles. The molecule has 1 saturated heterocycles. The fourth-order valence-corrected chi connectivity index (χ4v) is 4.78. The number of aromatic nitrogens is 1. The van der Waals surface area contributed by atoms with Crippen LogP contribution in [0.4, 0.5) is 10.1 Å². The minimum atomic E-state index is -0.324. The van der Waals surface area contributed by atoms with Gasteiger partial charge in [0.05, 0.1) is 0 Å². The van der Waals surface area contributed by atoms with Gasteiger partial charge in [-0.05, 0) is 79.8 Å². The predicted molar refractivity (Wildman–Crippen MR) is 137 cm³/mol. The van der Waals surface area contributed by atoms with Crippen LogP contribution in [0.2, 0.25) is 0 Å². The summed E-state index contributed by atoms with van der Waals surface area (Å²) < 4.78 is 19.2. The molecule has 1 fully saturated rings.